The predicted molar refractivity (Wildman–Crippen MR) is 71.1 cm³/mol. The zero-order valence-electron chi connectivity index (χ0n) is 10.6. The highest BCUT2D eigenvalue weighted by Gasteiger charge is 2.11. The largest absolute Gasteiger partial charge is 0.417 e. The first kappa shape index (κ1) is 13.8. The Morgan fingerprint density at radius 1 is 1.37 bits per heavy atom. The van der Waals surface area contributed by atoms with Crippen molar-refractivity contribution in [2.45, 2.75) is 6.42 Å². The summed E-state index contributed by atoms with van der Waals surface area (Å²) < 4.78 is 31.5. The Morgan fingerprint density at radius 3 is 2.79 bits per heavy atom. The zero-order chi connectivity index (χ0) is 14.0. The van der Waals surface area contributed by atoms with E-state index >= 15 is 0 Å². The van der Waals surface area contributed by atoms with E-state index in [9.17, 15) is 13.2 Å². The van der Waals surface area contributed by atoms with E-state index in [1.807, 2.05) is 6.07 Å². The van der Waals surface area contributed by atoms with Crippen LogP contribution >= 0.6 is 0 Å². The summed E-state index contributed by atoms with van der Waals surface area (Å²) in [6.45, 7) is 0.278. The van der Waals surface area contributed by atoms with Crippen molar-refractivity contribution in [3.05, 3.63) is 34.3 Å². The van der Waals surface area contributed by atoms with Crippen LogP contribution in [0.25, 0.3) is 11.1 Å². The third kappa shape index (κ3) is 3.22. The van der Waals surface area contributed by atoms with Crippen LogP contribution in [0.15, 0.2) is 27.4 Å². The average Bonchev–Trinajstić information content (AvgIpc) is 2.68. The van der Waals surface area contributed by atoms with Crippen LogP contribution in [0.4, 0.5) is 0 Å². The number of nitrogens with one attached hydrogen (secondary N) is 2. The third-order valence-corrected chi connectivity index (χ3v) is 4.19. The fourth-order valence-electron chi connectivity index (χ4n) is 1.60. The molecule has 0 unspecified atom stereocenters. The van der Waals surface area contributed by atoms with Gasteiger partial charge < -0.3 is 4.42 Å². The molecule has 0 saturated carbocycles. The van der Waals surface area contributed by atoms with Crippen LogP contribution in [0.3, 0.4) is 0 Å². The Morgan fingerprint density at radius 2 is 2.11 bits per heavy atom. The molecule has 0 fully saturated rings. The van der Waals surface area contributed by atoms with Gasteiger partial charge in [0, 0.05) is 20.6 Å². The van der Waals surface area contributed by atoms with E-state index in [1.54, 1.807) is 12.1 Å². The van der Waals surface area contributed by atoms with Gasteiger partial charge in [0.1, 0.15) is 0 Å². The molecule has 0 aliphatic rings. The van der Waals surface area contributed by atoms with Crippen molar-refractivity contribution in [3.8, 4) is 0 Å². The number of aromatic nitrogens is 1. The first-order valence-corrected chi connectivity index (χ1v) is 7.11. The number of rotatable bonds is 5. The second-order valence-corrected chi connectivity index (χ2v) is 6.25. The summed E-state index contributed by atoms with van der Waals surface area (Å²) in [7, 11) is -0.481. The molecule has 0 radical (unpaired) electrons. The van der Waals surface area contributed by atoms with E-state index < -0.39 is 16.0 Å². The van der Waals surface area contributed by atoms with Gasteiger partial charge in [0.2, 0.25) is 0 Å². The Kier molecular flexibility index (Phi) is 3.74. The van der Waals surface area contributed by atoms with Crippen molar-refractivity contribution in [1.82, 2.24) is 14.0 Å². The maximum absolute atomic E-state index is 11.5. The van der Waals surface area contributed by atoms with Crippen LogP contribution in [-0.4, -0.2) is 38.3 Å². The molecule has 19 heavy (non-hydrogen) atoms. The Labute approximate surface area is 110 Å². The van der Waals surface area contributed by atoms with Crippen molar-refractivity contribution in [2.24, 2.45) is 0 Å². The number of hydrogen-bond donors (Lipinski definition) is 2. The number of nitrogens with zero attached hydrogens (tertiary/aromatic N) is 1. The van der Waals surface area contributed by atoms with Gasteiger partial charge >= 0.3 is 5.76 Å². The molecule has 0 atom stereocenters. The first-order valence-electron chi connectivity index (χ1n) is 5.67. The molecule has 2 aromatic rings. The highest BCUT2D eigenvalue weighted by atomic mass is 32.2. The van der Waals surface area contributed by atoms with Crippen LogP contribution in [0.5, 0.6) is 0 Å². The van der Waals surface area contributed by atoms with Gasteiger partial charge in [-0.1, -0.05) is 6.07 Å². The fourth-order valence-corrected chi connectivity index (χ4v) is 2.22. The minimum Gasteiger partial charge on any atom is -0.408 e. The zero-order valence-corrected chi connectivity index (χ0v) is 11.5. The van der Waals surface area contributed by atoms with Crippen LogP contribution < -0.4 is 10.5 Å². The SMILES string of the molecule is CN(C)S(=O)(=O)NCCc1ccc2[nH]c(=O)oc2c1. The predicted octanol–water partition coefficient (Wildman–Crippen LogP) is 0.0596. The summed E-state index contributed by atoms with van der Waals surface area (Å²) in [5.41, 5.74) is 1.98. The molecule has 104 valence electrons. The summed E-state index contributed by atoms with van der Waals surface area (Å²) in [4.78, 5) is 13.5. The minimum absolute atomic E-state index is 0.278. The molecular formula is C11H15N3O4S. The van der Waals surface area contributed by atoms with Gasteiger partial charge in [-0.25, -0.2) is 9.52 Å². The molecule has 1 aromatic heterocycles. The number of aromatic amines is 1. The monoisotopic (exact) mass is 285 g/mol. The van der Waals surface area contributed by atoms with Crippen molar-refractivity contribution in [3.63, 3.8) is 0 Å². The van der Waals surface area contributed by atoms with E-state index in [1.165, 1.54) is 14.1 Å². The third-order valence-electron chi connectivity index (χ3n) is 2.66. The number of oxazole rings is 1. The lowest BCUT2D eigenvalue weighted by Crippen LogP contribution is -2.36. The topological polar surface area (TPSA) is 95.4 Å². The van der Waals surface area contributed by atoms with Crippen LogP contribution in [0.2, 0.25) is 0 Å². The highest BCUT2D eigenvalue weighted by Crippen LogP contribution is 2.12. The van der Waals surface area contributed by atoms with Gasteiger partial charge in [-0.15, -0.1) is 0 Å². The molecular weight excluding hydrogens is 270 g/mol. The van der Waals surface area contributed by atoms with Crippen molar-refractivity contribution < 1.29 is 12.8 Å². The van der Waals surface area contributed by atoms with E-state index in [0.29, 0.717) is 17.5 Å². The minimum atomic E-state index is -3.40. The molecule has 0 aliphatic carbocycles. The van der Waals surface area contributed by atoms with Crippen LogP contribution in [-0.2, 0) is 16.6 Å². The second-order valence-electron chi connectivity index (χ2n) is 4.28. The Balaban J connectivity index is 2.04. The number of H-pyrrole nitrogens is 1. The first-order chi connectivity index (χ1) is 8.88. The Hall–Kier alpha value is -1.64. The smallest absolute Gasteiger partial charge is 0.408 e. The van der Waals surface area contributed by atoms with Gasteiger partial charge in [0.05, 0.1) is 5.52 Å². The molecule has 0 amide bonds. The molecule has 0 bridgehead atoms. The van der Waals surface area contributed by atoms with Crippen molar-refractivity contribution in [2.75, 3.05) is 20.6 Å². The second kappa shape index (κ2) is 5.16. The molecule has 0 saturated heterocycles. The van der Waals surface area contributed by atoms with Gasteiger partial charge in [-0.05, 0) is 24.1 Å². The molecule has 1 aromatic carbocycles. The lowest BCUT2D eigenvalue weighted by atomic mass is 10.1. The van der Waals surface area contributed by atoms with Gasteiger partial charge in [-0.2, -0.15) is 12.7 Å². The number of fused-ring (bicyclic) bond motifs is 1. The molecule has 1 heterocycles. The van der Waals surface area contributed by atoms with Crippen LogP contribution in [0.1, 0.15) is 5.56 Å². The van der Waals surface area contributed by atoms with E-state index in [-0.39, 0.29) is 6.54 Å². The van der Waals surface area contributed by atoms with Gasteiger partial charge in [-0.3, -0.25) is 4.98 Å². The molecule has 0 spiro atoms. The average molecular weight is 285 g/mol. The maximum atomic E-state index is 11.5. The number of benzene rings is 1. The number of hydrogen-bond acceptors (Lipinski definition) is 4. The lowest BCUT2D eigenvalue weighted by Gasteiger charge is -2.12. The fraction of sp³-hybridized carbons (Fsp3) is 0.364. The van der Waals surface area contributed by atoms with Gasteiger partial charge in [0.15, 0.2) is 5.58 Å². The quantitative estimate of drug-likeness (QED) is 0.812. The van der Waals surface area contributed by atoms with Crippen molar-refractivity contribution in [1.29, 1.82) is 0 Å². The summed E-state index contributed by atoms with van der Waals surface area (Å²) in [6.07, 6.45) is 0.512. The summed E-state index contributed by atoms with van der Waals surface area (Å²) in [5.74, 6) is -0.500. The van der Waals surface area contributed by atoms with E-state index in [4.69, 9.17) is 4.42 Å². The standard InChI is InChI=1S/C11H15N3O4S/c1-14(2)19(16,17)12-6-5-8-3-4-9-10(7-8)18-11(15)13-9/h3-4,7,12H,5-6H2,1-2H3,(H,13,15). The van der Waals surface area contributed by atoms with E-state index in [2.05, 4.69) is 9.71 Å². The normalized spacial score (nSPS) is 12.4. The summed E-state index contributed by atoms with van der Waals surface area (Å²) >= 11 is 0. The lowest BCUT2D eigenvalue weighted by molar-refractivity contribution is 0.506. The maximum Gasteiger partial charge on any atom is 0.417 e. The summed E-state index contributed by atoms with van der Waals surface area (Å²) in [5, 5.41) is 0. The van der Waals surface area contributed by atoms with Crippen molar-refractivity contribution >= 4 is 21.3 Å². The van der Waals surface area contributed by atoms with Crippen LogP contribution in [0, 0.1) is 0 Å². The molecule has 7 nitrogen and oxygen atoms in total. The van der Waals surface area contributed by atoms with E-state index in [0.717, 1.165) is 9.87 Å². The highest BCUT2D eigenvalue weighted by molar-refractivity contribution is 7.87. The molecule has 8 heteroatoms. The Bertz CT molecular complexity index is 730. The molecule has 2 rings (SSSR count). The molecule has 2 N–H and O–H groups in total. The van der Waals surface area contributed by atoms with Gasteiger partial charge in [0.25, 0.3) is 10.2 Å². The summed E-state index contributed by atoms with van der Waals surface area (Å²) in [6, 6.07) is 5.27. The molecule has 0 aliphatic heterocycles.